The van der Waals surface area contributed by atoms with Gasteiger partial charge in [0.15, 0.2) is 0 Å². The predicted octanol–water partition coefficient (Wildman–Crippen LogP) is 3.12. The van der Waals surface area contributed by atoms with Gasteiger partial charge in [-0.15, -0.1) is 0 Å². The third-order valence-electron chi connectivity index (χ3n) is 3.16. The molecule has 0 aliphatic rings. The van der Waals surface area contributed by atoms with Crippen molar-refractivity contribution in [2.75, 3.05) is 0 Å². The van der Waals surface area contributed by atoms with E-state index >= 15 is 0 Å². The van der Waals surface area contributed by atoms with Crippen molar-refractivity contribution in [2.24, 2.45) is 5.73 Å². The molecule has 0 saturated heterocycles. The fourth-order valence-electron chi connectivity index (χ4n) is 2.19. The van der Waals surface area contributed by atoms with Gasteiger partial charge in [-0.2, -0.15) is 0 Å². The Hall–Kier alpha value is -1.80. The highest BCUT2D eigenvalue weighted by Crippen LogP contribution is 2.24. The first kappa shape index (κ1) is 12.7. The van der Waals surface area contributed by atoms with Crippen molar-refractivity contribution in [3.63, 3.8) is 0 Å². The Morgan fingerprint density at radius 2 is 1.83 bits per heavy atom. The number of hydrogen-bond acceptors (Lipinski definition) is 2. The second kappa shape index (κ2) is 4.83. The zero-order chi connectivity index (χ0) is 13.2. The van der Waals surface area contributed by atoms with Crippen molar-refractivity contribution in [1.82, 2.24) is 0 Å². The van der Waals surface area contributed by atoms with E-state index in [0.717, 1.165) is 11.1 Å². The van der Waals surface area contributed by atoms with Gasteiger partial charge in [0.05, 0.1) is 0 Å². The van der Waals surface area contributed by atoms with Gasteiger partial charge >= 0.3 is 0 Å². The van der Waals surface area contributed by atoms with Gasteiger partial charge in [-0.05, 0) is 43.5 Å². The lowest BCUT2D eigenvalue weighted by molar-refractivity contribution is 0.468. The Bertz CT molecular complexity index is 546. The summed E-state index contributed by atoms with van der Waals surface area (Å²) < 4.78 is 0. The molecule has 0 fully saturated rings. The van der Waals surface area contributed by atoms with Gasteiger partial charge < -0.3 is 10.8 Å². The number of hydrogen-bond donors (Lipinski definition) is 2. The van der Waals surface area contributed by atoms with Crippen LogP contribution >= 0.6 is 0 Å². The first-order valence-electron chi connectivity index (χ1n) is 6.11. The van der Waals surface area contributed by atoms with E-state index in [1.807, 2.05) is 25.1 Å². The number of aryl methyl sites for hydroxylation is 1. The van der Waals surface area contributed by atoms with Crippen molar-refractivity contribution in [3.8, 4) is 5.75 Å². The third kappa shape index (κ3) is 2.90. The van der Waals surface area contributed by atoms with Crippen LogP contribution in [0.25, 0.3) is 0 Å². The SMILES string of the molecule is Cc1cccc(C(C)(N)Cc2cccc(O)c2)c1. The number of nitrogens with two attached hydrogens (primary N) is 1. The molecule has 1 unspecified atom stereocenters. The molecule has 0 aliphatic heterocycles. The van der Waals surface area contributed by atoms with E-state index in [-0.39, 0.29) is 5.75 Å². The highest BCUT2D eigenvalue weighted by molar-refractivity contribution is 5.33. The predicted molar refractivity (Wildman–Crippen MR) is 74.5 cm³/mol. The summed E-state index contributed by atoms with van der Waals surface area (Å²) in [7, 11) is 0. The molecule has 2 aromatic carbocycles. The molecule has 0 amide bonds. The highest BCUT2D eigenvalue weighted by atomic mass is 16.3. The van der Waals surface area contributed by atoms with Crippen LogP contribution in [-0.4, -0.2) is 5.11 Å². The molecule has 3 N–H and O–H groups in total. The molecule has 0 radical (unpaired) electrons. The molecule has 0 aromatic heterocycles. The van der Waals surface area contributed by atoms with Crippen LogP contribution in [0.15, 0.2) is 48.5 Å². The third-order valence-corrected chi connectivity index (χ3v) is 3.16. The van der Waals surface area contributed by atoms with Gasteiger partial charge in [0.25, 0.3) is 0 Å². The molecule has 0 spiro atoms. The molecule has 2 rings (SSSR count). The van der Waals surface area contributed by atoms with E-state index in [2.05, 4.69) is 25.1 Å². The Labute approximate surface area is 108 Å². The summed E-state index contributed by atoms with van der Waals surface area (Å²) in [6.07, 6.45) is 0.699. The zero-order valence-corrected chi connectivity index (χ0v) is 10.9. The summed E-state index contributed by atoms with van der Waals surface area (Å²) in [4.78, 5) is 0. The standard InChI is InChI=1S/C16H19NO/c1-12-5-3-7-14(9-12)16(2,17)11-13-6-4-8-15(18)10-13/h3-10,18H,11,17H2,1-2H3. The van der Waals surface area contributed by atoms with Crippen LogP contribution in [0.5, 0.6) is 5.75 Å². The number of phenols is 1. The zero-order valence-electron chi connectivity index (χ0n) is 10.9. The minimum Gasteiger partial charge on any atom is -0.508 e. The van der Waals surface area contributed by atoms with Gasteiger partial charge in [-0.1, -0.05) is 42.0 Å². The van der Waals surface area contributed by atoms with Gasteiger partial charge in [0.1, 0.15) is 5.75 Å². The molecule has 0 heterocycles. The molecule has 2 nitrogen and oxygen atoms in total. The molecule has 2 heteroatoms. The normalized spacial score (nSPS) is 14.2. The van der Waals surface area contributed by atoms with Gasteiger partial charge in [-0.25, -0.2) is 0 Å². The van der Waals surface area contributed by atoms with Crippen LogP contribution in [-0.2, 0) is 12.0 Å². The molecule has 1 atom stereocenters. The second-order valence-electron chi connectivity index (χ2n) is 5.13. The van der Waals surface area contributed by atoms with Crippen LogP contribution < -0.4 is 5.73 Å². The van der Waals surface area contributed by atoms with E-state index in [4.69, 9.17) is 5.73 Å². The maximum atomic E-state index is 9.48. The van der Waals surface area contributed by atoms with Crippen LogP contribution in [0.2, 0.25) is 0 Å². The Morgan fingerprint density at radius 3 is 2.50 bits per heavy atom. The molecular weight excluding hydrogens is 222 g/mol. The second-order valence-corrected chi connectivity index (χ2v) is 5.13. The topological polar surface area (TPSA) is 46.2 Å². The number of phenolic OH excluding ortho intramolecular Hbond substituents is 1. The minimum atomic E-state index is -0.431. The van der Waals surface area contributed by atoms with E-state index in [9.17, 15) is 5.11 Å². The van der Waals surface area contributed by atoms with Crippen LogP contribution in [0.1, 0.15) is 23.6 Å². The first-order chi connectivity index (χ1) is 8.47. The molecule has 0 bridgehead atoms. The van der Waals surface area contributed by atoms with E-state index in [0.29, 0.717) is 6.42 Å². The van der Waals surface area contributed by atoms with Gasteiger partial charge in [0.2, 0.25) is 0 Å². The van der Waals surface area contributed by atoms with E-state index < -0.39 is 5.54 Å². The minimum absolute atomic E-state index is 0.285. The summed E-state index contributed by atoms with van der Waals surface area (Å²) in [5, 5.41) is 9.48. The summed E-state index contributed by atoms with van der Waals surface area (Å²) in [6.45, 7) is 4.08. The molecular formula is C16H19NO. The summed E-state index contributed by atoms with van der Waals surface area (Å²) >= 11 is 0. The smallest absolute Gasteiger partial charge is 0.115 e. The Balaban J connectivity index is 2.26. The molecule has 0 aliphatic carbocycles. The van der Waals surface area contributed by atoms with Crippen LogP contribution in [0.4, 0.5) is 0 Å². The fraction of sp³-hybridized carbons (Fsp3) is 0.250. The Kier molecular flexibility index (Phi) is 3.39. The first-order valence-corrected chi connectivity index (χ1v) is 6.11. The average molecular weight is 241 g/mol. The van der Waals surface area contributed by atoms with Crippen molar-refractivity contribution >= 4 is 0 Å². The largest absolute Gasteiger partial charge is 0.508 e. The van der Waals surface area contributed by atoms with Crippen molar-refractivity contribution in [3.05, 3.63) is 65.2 Å². The lowest BCUT2D eigenvalue weighted by Crippen LogP contribution is -2.35. The van der Waals surface area contributed by atoms with E-state index in [1.165, 1.54) is 5.56 Å². The van der Waals surface area contributed by atoms with E-state index in [1.54, 1.807) is 12.1 Å². The number of aromatic hydroxyl groups is 1. The lowest BCUT2D eigenvalue weighted by Gasteiger charge is -2.26. The fourth-order valence-corrected chi connectivity index (χ4v) is 2.19. The molecule has 2 aromatic rings. The maximum Gasteiger partial charge on any atom is 0.115 e. The number of rotatable bonds is 3. The lowest BCUT2D eigenvalue weighted by atomic mass is 9.86. The summed E-state index contributed by atoms with van der Waals surface area (Å²) in [5.41, 5.74) is 9.34. The highest BCUT2D eigenvalue weighted by Gasteiger charge is 2.21. The molecule has 94 valence electrons. The maximum absolute atomic E-state index is 9.48. The summed E-state index contributed by atoms with van der Waals surface area (Å²) in [6, 6.07) is 15.5. The van der Waals surface area contributed by atoms with Crippen molar-refractivity contribution < 1.29 is 5.11 Å². The molecule has 0 saturated carbocycles. The Morgan fingerprint density at radius 1 is 1.11 bits per heavy atom. The number of benzene rings is 2. The van der Waals surface area contributed by atoms with Crippen molar-refractivity contribution in [1.29, 1.82) is 0 Å². The van der Waals surface area contributed by atoms with Gasteiger partial charge in [-0.3, -0.25) is 0 Å². The summed E-state index contributed by atoms with van der Waals surface area (Å²) in [5.74, 6) is 0.285. The van der Waals surface area contributed by atoms with Gasteiger partial charge in [0, 0.05) is 5.54 Å². The molecule has 18 heavy (non-hydrogen) atoms. The average Bonchev–Trinajstić information content (AvgIpc) is 2.28. The quantitative estimate of drug-likeness (QED) is 0.867. The monoisotopic (exact) mass is 241 g/mol. The van der Waals surface area contributed by atoms with Crippen LogP contribution in [0, 0.1) is 6.92 Å². The van der Waals surface area contributed by atoms with Crippen LogP contribution in [0.3, 0.4) is 0 Å². The van der Waals surface area contributed by atoms with Crippen molar-refractivity contribution in [2.45, 2.75) is 25.8 Å².